The average Bonchev–Trinajstić information content (AvgIpc) is 2.51. The minimum absolute atomic E-state index is 0.0230. The molecule has 0 fully saturated rings. The maximum atomic E-state index is 12.8. The highest BCUT2D eigenvalue weighted by atomic mass is 16.5. The molecule has 2 rings (SSSR count). The van der Waals surface area contributed by atoms with E-state index in [-0.39, 0.29) is 46.2 Å². The summed E-state index contributed by atoms with van der Waals surface area (Å²) in [6, 6.07) is 1.19. The third kappa shape index (κ3) is 2.54. The van der Waals surface area contributed by atoms with Crippen LogP contribution in [0.2, 0.25) is 0 Å². The molecule has 0 spiro atoms. The van der Waals surface area contributed by atoms with Gasteiger partial charge in [-0.25, -0.2) is 0 Å². The zero-order chi connectivity index (χ0) is 17.3. The second kappa shape index (κ2) is 6.12. The third-order valence-corrected chi connectivity index (χ3v) is 3.49. The number of benzene rings is 1. The van der Waals surface area contributed by atoms with Gasteiger partial charge in [-0.3, -0.25) is 14.4 Å². The summed E-state index contributed by atoms with van der Waals surface area (Å²) in [6.07, 6.45) is -0.256. The summed E-state index contributed by atoms with van der Waals surface area (Å²) >= 11 is 0. The fraction of sp³-hybridized carbons (Fsp3) is 0.312. The van der Waals surface area contributed by atoms with Crippen molar-refractivity contribution in [1.29, 1.82) is 0 Å². The van der Waals surface area contributed by atoms with Gasteiger partial charge < -0.3 is 19.3 Å². The lowest BCUT2D eigenvalue weighted by molar-refractivity contribution is -0.116. The van der Waals surface area contributed by atoms with Crippen LogP contribution < -0.4 is 9.47 Å². The van der Waals surface area contributed by atoms with Crippen LogP contribution in [0.5, 0.6) is 17.2 Å². The fourth-order valence-corrected chi connectivity index (χ4v) is 2.56. The Balaban J connectivity index is 2.82. The summed E-state index contributed by atoms with van der Waals surface area (Å²) in [5.41, 5.74) is -0.424. The van der Waals surface area contributed by atoms with Gasteiger partial charge in [-0.05, 0) is 6.92 Å². The molecular formula is C16H16O7. The van der Waals surface area contributed by atoms with Crippen LogP contribution in [-0.4, -0.2) is 43.8 Å². The van der Waals surface area contributed by atoms with Crippen molar-refractivity contribution in [2.75, 3.05) is 21.3 Å². The average molecular weight is 320 g/mol. The number of carbonyl (C=O) groups is 3. The van der Waals surface area contributed by atoms with Crippen LogP contribution in [0.1, 0.15) is 34.1 Å². The van der Waals surface area contributed by atoms with E-state index in [4.69, 9.17) is 14.2 Å². The second-order valence-corrected chi connectivity index (χ2v) is 4.93. The number of Topliss-reactive ketones (excluding diaryl/α,β-unsaturated/α-hetero) is 3. The molecule has 0 aromatic heterocycles. The largest absolute Gasteiger partial charge is 0.507 e. The predicted octanol–water partition coefficient (Wildman–Crippen LogP) is 1.67. The molecular weight excluding hydrogens is 304 g/mol. The highest BCUT2D eigenvalue weighted by Crippen LogP contribution is 2.44. The van der Waals surface area contributed by atoms with Crippen LogP contribution >= 0.6 is 0 Å². The summed E-state index contributed by atoms with van der Waals surface area (Å²) in [6.45, 7) is 1.30. The second-order valence-electron chi connectivity index (χ2n) is 4.93. The number of rotatable bonds is 5. The van der Waals surface area contributed by atoms with Gasteiger partial charge in [0.1, 0.15) is 11.5 Å². The molecule has 0 heterocycles. The van der Waals surface area contributed by atoms with Gasteiger partial charge in [-0.15, -0.1) is 0 Å². The van der Waals surface area contributed by atoms with E-state index in [1.165, 1.54) is 34.3 Å². The molecule has 1 aliphatic rings. The van der Waals surface area contributed by atoms with Crippen LogP contribution in [0.3, 0.4) is 0 Å². The highest BCUT2D eigenvalue weighted by Gasteiger charge is 2.39. The summed E-state index contributed by atoms with van der Waals surface area (Å²) in [7, 11) is 3.88. The maximum Gasteiger partial charge on any atom is 0.232 e. The van der Waals surface area contributed by atoms with Gasteiger partial charge in [-0.1, -0.05) is 0 Å². The van der Waals surface area contributed by atoms with Crippen molar-refractivity contribution in [3.8, 4) is 17.2 Å². The van der Waals surface area contributed by atoms with Gasteiger partial charge in [0.25, 0.3) is 0 Å². The number of carbonyl (C=O) groups excluding carboxylic acids is 3. The number of ketones is 3. The third-order valence-electron chi connectivity index (χ3n) is 3.49. The number of phenols is 1. The number of ether oxygens (including phenoxy) is 3. The molecule has 7 heteroatoms. The molecule has 0 unspecified atom stereocenters. The first-order chi connectivity index (χ1) is 10.9. The zero-order valence-electron chi connectivity index (χ0n) is 13.2. The first-order valence-corrected chi connectivity index (χ1v) is 6.71. The van der Waals surface area contributed by atoms with Gasteiger partial charge >= 0.3 is 0 Å². The molecule has 1 aliphatic carbocycles. The van der Waals surface area contributed by atoms with Crippen LogP contribution in [0.4, 0.5) is 0 Å². The Morgan fingerprint density at radius 3 is 2.17 bits per heavy atom. The number of hydrogen-bond donors (Lipinski definition) is 1. The van der Waals surface area contributed by atoms with Gasteiger partial charge in [0.15, 0.2) is 23.0 Å². The first-order valence-electron chi connectivity index (χ1n) is 6.71. The Morgan fingerprint density at radius 1 is 1.04 bits per heavy atom. The SMILES string of the molecule is COC1=C(CC(C)=O)C(=O)c2c(OC)c(OC)cc(O)c2C1=O. The lowest BCUT2D eigenvalue weighted by Gasteiger charge is -2.23. The summed E-state index contributed by atoms with van der Waals surface area (Å²) in [5, 5.41) is 10.1. The van der Waals surface area contributed by atoms with Crippen LogP contribution in [-0.2, 0) is 9.53 Å². The Bertz CT molecular complexity index is 743. The first kappa shape index (κ1) is 16.5. The lowest BCUT2D eigenvalue weighted by Crippen LogP contribution is -2.25. The van der Waals surface area contributed by atoms with Crippen molar-refractivity contribution in [2.45, 2.75) is 13.3 Å². The van der Waals surface area contributed by atoms with Crippen LogP contribution in [0.25, 0.3) is 0 Å². The van der Waals surface area contributed by atoms with E-state index in [1.54, 1.807) is 0 Å². The fourth-order valence-electron chi connectivity index (χ4n) is 2.56. The van der Waals surface area contributed by atoms with Gasteiger partial charge in [-0.2, -0.15) is 0 Å². The topological polar surface area (TPSA) is 99.1 Å². The molecule has 1 aromatic rings. The molecule has 0 saturated carbocycles. The van der Waals surface area contributed by atoms with Crippen molar-refractivity contribution in [3.63, 3.8) is 0 Å². The summed E-state index contributed by atoms with van der Waals surface area (Å²) in [4.78, 5) is 36.8. The standard InChI is InChI=1S/C16H16O7/c1-7(17)5-8-13(19)12-11(14(20)15(8)22-3)9(18)6-10(21-2)16(12)23-4/h6,18H,5H2,1-4H3. The number of allylic oxidation sites excluding steroid dienone is 2. The van der Waals surface area contributed by atoms with Gasteiger partial charge in [0, 0.05) is 12.5 Å². The van der Waals surface area contributed by atoms with E-state index < -0.39 is 17.3 Å². The Kier molecular flexibility index (Phi) is 4.40. The molecule has 7 nitrogen and oxygen atoms in total. The molecule has 0 bridgehead atoms. The predicted molar refractivity (Wildman–Crippen MR) is 79.2 cm³/mol. The van der Waals surface area contributed by atoms with E-state index >= 15 is 0 Å². The lowest BCUT2D eigenvalue weighted by atomic mass is 9.84. The summed E-state index contributed by atoms with van der Waals surface area (Å²) in [5.74, 6) is -2.14. The van der Waals surface area contributed by atoms with Crippen molar-refractivity contribution < 1.29 is 33.7 Å². The molecule has 0 saturated heterocycles. The smallest absolute Gasteiger partial charge is 0.232 e. The maximum absolute atomic E-state index is 12.8. The van der Waals surface area contributed by atoms with Crippen molar-refractivity contribution in [3.05, 3.63) is 28.5 Å². The van der Waals surface area contributed by atoms with E-state index in [0.717, 1.165) is 0 Å². The normalized spacial score (nSPS) is 13.7. The number of phenolic OH excluding ortho intramolecular Hbond substituents is 1. The van der Waals surface area contributed by atoms with E-state index in [2.05, 4.69) is 0 Å². The molecule has 0 aliphatic heterocycles. The van der Waals surface area contributed by atoms with Crippen LogP contribution in [0, 0.1) is 0 Å². The number of hydrogen-bond acceptors (Lipinski definition) is 7. The minimum Gasteiger partial charge on any atom is -0.507 e. The Morgan fingerprint density at radius 2 is 1.70 bits per heavy atom. The Labute approximate surface area is 132 Å². The van der Waals surface area contributed by atoms with Crippen molar-refractivity contribution in [1.82, 2.24) is 0 Å². The molecule has 122 valence electrons. The Hall–Kier alpha value is -2.83. The minimum atomic E-state index is -0.684. The summed E-state index contributed by atoms with van der Waals surface area (Å²) < 4.78 is 15.2. The van der Waals surface area contributed by atoms with E-state index in [0.29, 0.717) is 0 Å². The van der Waals surface area contributed by atoms with E-state index in [1.807, 2.05) is 0 Å². The molecule has 23 heavy (non-hydrogen) atoms. The molecule has 1 N–H and O–H groups in total. The molecule has 1 aromatic carbocycles. The van der Waals surface area contributed by atoms with Gasteiger partial charge in [0.05, 0.1) is 38.0 Å². The van der Waals surface area contributed by atoms with Crippen molar-refractivity contribution >= 4 is 17.3 Å². The van der Waals surface area contributed by atoms with Crippen molar-refractivity contribution in [2.24, 2.45) is 0 Å². The quantitative estimate of drug-likeness (QED) is 0.881. The van der Waals surface area contributed by atoms with Crippen LogP contribution in [0.15, 0.2) is 17.4 Å². The number of aromatic hydroxyl groups is 1. The number of fused-ring (bicyclic) bond motifs is 1. The molecule has 0 radical (unpaired) electrons. The number of methoxy groups -OCH3 is 3. The monoisotopic (exact) mass is 320 g/mol. The molecule has 0 atom stereocenters. The van der Waals surface area contributed by atoms with Gasteiger partial charge in [0.2, 0.25) is 5.78 Å². The highest BCUT2D eigenvalue weighted by molar-refractivity contribution is 6.29. The van der Waals surface area contributed by atoms with E-state index in [9.17, 15) is 19.5 Å². The zero-order valence-corrected chi connectivity index (χ0v) is 13.2. The molecule has 0 amide bonds.